The van der Waals surface area contributed by atoms with Gasteiger partial charge in [0.2, 0.25) is 0 Å². The molecule has 3 aromatic rings. The van der Waals surface area contributed by atoms with Crippen molar-refractivity contribution in [1.82, 2.24) is 14.9 Å². The van der Waals surface area contributed by atoms with Gasteiger partial charge in [0.05, 0.1) is 17.7 Å². The lowest BCUT2D eigenvalue weighted by molar-refractivity contribution is -0.385. The third-order valence-corrected chi connectivity index (χ3v) is 5.07. The van der Waals surface area contributed by atoms with Crippen molar-refractivity contribution in [3.05, 3.63) is 85.8 Å². The van der Waals surface area contributed by atoms with Crippen molar-refractivity contribution in [2.75, 3.05) is 13.7 Å². The molecular weight excluding hydrogens is 372 g/mol. The number of hydrogen-bond acceptors (Lipinski definition) is 6. The minimum Gasteiger partial charge on any atom is -0.496 e. The number of non-ortho nitro benzene ring substituents is 1. The van der Waals surface area contributed by atoms with Crippen LogP contribution >= 0.6 is 0 Å². The summed E-state index contributed by atoms with van der Waals surface area (Å²) in [7, 11) is 1.55. The molecule has 0 unspecified atom stereocenters. The summed E-state index contributed by atoms with van der Waals surface area (Å²) in [4.78, 5) is 32.9. The summed E-state index contributed by atoms with van der Waals surface area (Å²) in [6, 6.07) is 14.1. The Morgan fingerprint density at radius 1 is 1.24 bits per heavy atom. The van der Waals surface area contributed by atoms with E-state index in [1.807, 2.05) is 30.3 Å². The highest BCUT2D eigenvalue weighted by Crippen LogP contribution is 2.27. The lowest BCUT2D eigenvalue weighted by Crippen LogP contribution is -2.35. The van der Waals surface area contributed by atoms with Gasteiger partial charge in [-0.15, -0.1) is 0 Å². The second-order valence-electron chi connectivity index (χ2n) is 6.92. The number of benzene rings is 2. The molecule has 4 rings (SSSR count). The van der Waals surface area contributed by atoms with Crippen molar-refractivity contribution in [1.29, 1.82) is 0 Å². The van der Waals surface area contributed by atoms with Crippen molar-refractivity contribution in [2.45, 2.75) is 19.5 Å². The van der Waals surface area contributed by atoms with Gasteiger partial charge in [0.1, 0.15) is 11.6 Å². The highest BCUT2D eigenvalue weighted by Gasteiger charge is 2.23. The van der Waals surface area contributed by atoms with Crippen molar-refractivity contribution < 1.29 is 9.66 Å². The minimum absolute atomic E-state index is 0.0270. The number of rotatable bonds is 5. The average molecular weight is 392 g/mol. The van der Waals surface area contributed by atoms with E-state index in [9.17, 15) is 14.9 Å². The summed E-state index contributed by atoms with van der Waals surface area (Å²) in [5.41, 5.74) is 2.94. The van der Waals surface area contributed by atoms with Crippen LogP contribution in [0.25, 0.3) is 11.4 Å². The number of ether oxygens (including phenoxy) is 1. The first-order valence-electron chi connectivity index (χ1n) is 9.26. The Labute approximate surface area is 166 Å². The SMILES string of the molecule is COc1ccc([N+](=O)[O-])cc1CN1CCc2c(nc(-c3ccccc3)[nH]c2=O)C1. The summed E-state index contributed by atoms with van der Waals surface area (Å²) in [6.45, 7) is 1.62. The number of methoxy groups -OCH3 is 1. The molecule has 0 spiro atoms. The molecule has 0 aliphatic carbocycles. The molecule has 2 aromatic carbocycles. The zero-order valence-electron chi connectivity index (χ0n) is 15.9. The number of hydrogen-bond donors (Lipinski definition) is 1. The second-order valence-corrected chi connectivity index (χ2v) is 6.92. The fraction of sp³-hybridized carbons (Fsp3) is 0.238. The maximum Gasteiger partial charge on any atom is 0.270 e. The van der Waals surface area contributed by atoms with Crippen LogP contribution in [0.3, 0.4) is 0 Å². The molecule has 0 atom stereocenters. The molecule has 1 aliphatic heterocycles. The fourth-order valence-corrected chi connectivity index (χ4v) is 3.60. The summed E-state index contributed by atoms with van der Waals surface area (Å²) in [5.74, 6) is 1.15. The zero-order valence-corrected chi connectivity index (χ0v) is 15.9. The lowest BCUT2D eigenvalue weighted by atomic mass is 10.0. The van der Waals surface area contributed by atoms with E-state index in [1.165, 1.54) is 12.1 Å². The molecule has 29 heavy (non-hydrogen) atoms. The number of aromatic amines is 1. The van der Waals surface area contributed by atoms with Crippen LogP contribution in [0, 0.1) is 10.1 Å². The molecule has 1 aliphatic rings. The van der Waals surface area contributed by atoms with Gasteiger partial charge < -0.3 is 9.72 Å². The van der Waals surface area contributed by atoms with E-state index in [4.69, 9.17) is 4.74 Å². The molecule has 1 N–H and O–H groups in total. The van der Waals surface area contributed by atoms with Gasteiger partial charge in [-0.2, -0.15) is 0 Å². The number of aromatic nitrogens is 2. The van der Waals surface area contributed by atoms with Crippen LogP contribution in [0.2, 0.25) is 0 Å². The van der Waals surface area contributed by atoms with E-state index >= 15 is 0 Å². The number of H-pyrrole nitrogens is 1. The molecule has 2 heterocycles. The number of nitro groups is 1. The second kappa shape index (κ2) is 7.84. The maximum absolute atomic E-state index is 12.5. The zero-order chi connectivity index (χ0) is 20.4. The fourth-order valence-electron chi connectivity index (χ4n) is 3.60. The quantitative estimate of drug-likeness (QED) is 0.529. The van der Waals surface area contributed by atoms with Gasteiger partial charge in [-0.1, -0.05) is 30.3 Å². The average Bonchev–Trinajstić information content (AvgIpc) is 2.74. The largest absolute Gasteiger partial charge is 0.496 e. The van der Waals surface area contributed by atoms with Crippen LogP contribution in [-0.2, 0) is 19.5 Å². The normalized spacial score (nSPS) is 13.7. The molecule has 1 aromatic heterocycles. The van der Waals surface area contributed by atoms with Crippen LogP contribution in [0.15, 0.2) is 53.3 Å². The summed E-state index contributed by atoms with van der Waals surface area (Å²) < 4.78 is 5.37. The predicted molar refractivity (Wildman–Crippen MR) is 108 cm³/mol. The minimum atomic E-state index is -0.415. The van der Waals surface area contributed by atoms with Crippen LogP contribution in [0.1, 0.15) is 16.8 Å². The molecule has 0 bridgehead atoms. The molecule has 0 saturated carbocycles. The first-order chi connectivity index (χ1) is 14.0. The smallest absolute Gasteiger partial charge is 0.270 e. The van der Waals surface area contributed by atoms with E-state index in [0.29, 0.717) is 43.2 Å². The summed E-state index contributed by atoms with van der Waals surface area (Å²) in [6.07, 6.45) is 0.573. The number of nitro benzene ring substituents is 1. The van der Waals surface area contributed by atoms with Gasteiger partial charge >= 0.3 is 0 Å². The van der Waals surface area contributed by atoms with E-state index in [0.717, 1.165) is 16.8 Å². The molecule has 8 heteroatoms. The number of nitrogens with one attached hydrogen (secondary N) is 1. The standard InChI is InChI=1S/C21H20N4O4/c1-29-19-8-7-16(25(27)28)11-15(19)12-24-10-9-17-18(13-24)22-20(23-21(17)26)14-5-3-2-4-6-14/h2-8,11H,9-10,12-13H2,1H3,(H,22,23,26). The third kappa shape index (κ3) is 3.88. The van der Waals surface area contributed by atoms with Gasteiger partial charge in [0.15, 0.2) is 0 Å². The molecular formula is C21H20N4O4. The predicted octanol–water partition coefficient (Wildman–Crippen LogP) is 2.91. The summed E-state index contributed by atoms with van der Waals surface area (Å²) in [5, 5.41) is 11.1. The Balaban J connectivity index is 1.62. The number of nitrogens with zero attached hydrogens (tertiary/aromatic N) is 3. The number of fused-ring (bicyclic) bond motifs is 1. The Kier molecular flexibility index (Phi) is 5.09. The Morgan fingerprint density at radius 2 is 2.03 bits per heavy atom. The molecule has 148 valence electrons. The van der Waals surface area contributed by atoms with Gasteiger partial charge in [-0.3, -0.25) is 19.8 Å². The Bertz CT molecular complexity index is 1110. The topological polar surface area (TPSA) is 101 Å². The van der Waals surface area contributed by atoms with Crippen LogP contribution in [0.4, 0.5) is 5.69 Å². The van der Waals surface area contributed by atoms with Gasteiger partial charge in [-0.25, -0.2) is 4.98 Å². The van der Waals surface area contributed by atoms with E-state index < -0.39 is 4.92 Å². The molecule has 0 fully saturated rings. The maximum atomic E-state index is 12.5. The molecule has 0 amide bonds. The van der Waals surface area contributed by atoms with E-state index in [-0.39, 0.29) is 11.2 Å². The summed E-state index contributed by atoms with van der Waals surface area (Å²) >= 11 is 0. The molecule has 8 nitrogen and oxygen atoms in total. The van der Waals surface area contributed by atoms with Crippen LogP contribution in [-0.4, -0.2) is 33.4 Å². The lowest BCUT2D eigenvalue weighted by Gasteiger charge is -2.28. The third-order valence-electron chi connectivity index (χ3n) is 5.07. The first kappa shape index (κ1) is 18.8. The highest BCUT2D eigenvalue weighted by molar-refractivity contribution is 5.54. The van der Waals surface area contributed by atoms with Gasteiger partial charge in [0.25, 0.3) is 11.2 Å². The highest BCUT2D eigenvalue weighted by atomic mass is 16.6. The Hall–Kier alpha value is -3.52. The first-order valence-corrected chi connectivity index (χ1v) is 9.26. The monoisotopic (exact) mass is 392 g/mol. The van der Waals surface area contributed by atoms with Crippen LogP contribution in [0.5, 0.6) is 5.75 Å². The van der Waals surface area contributed by atoms with Crippen molar-refractivity contribution in [2.24, 2.45) is 0 Å². The van der Waals surface area contributed by atoms with Crippen molar-refractivity contribution >= 4 is 5.69 Å². The van der Waals surface area contributed by atoms with Gasteiger partial charge in [0, 0.05) is 48.5 Å². The molecule has 0 radical (unpaired) electrons. The van der Waals surface area contributed by atoms with Gasteiger partial charge in [-0.05, 0) is 12.5 Å². The van der Waals surface area contributed by atoms with Crippen molar-refractivity contribution in [3.8, 4) is 17.1 Å². The van der Waals surface area contributed by atoms with Crippen LogP contribution < -0.4 is 10.3 Å². The molecule has 0 saturated heterocycles. The van der Waals surface area contributed by atoms with Crippen molar-refractivity contribution in [3.63, 3.8) is 0 Å². The van der Waals surface area contributed by atoms with E-state index in [2.05, 4.69) is 14.9 Å². The van der Waals surface area contributed by atoms with E-state index in [1.54, 1.807) is 13.2 Å². The Morgan fingerprint density at radius 3 is 2.76 bits per heavy atom.